The highest BCUT2D eigenvalue weighted by molar-refractivity contribution is 6.28. The van der Waals surface area contributed by atoms with E-state index < -0.39 is 0 Å². The van der Waals surface area contributed by atoms with Crippen molar-refractivity contribution < 1.29 is 4.42 Å². The highest BCUT2D eigenvalue weighted by Gasteiger charge is 2.28. The molecule has 2 aromatic heterocycles. The zero-order valence-electron chi connectivity index (χ0n) is 18.7. The molecule has 7 aromatic rings. The molecule has 0 atom stereocenters. The van der Waals surface area contributed by atoms with E-state index in [0.717, 1.165) is 34.4 Å². The van der Waals surface area contributed by atoms with Crippen molar-refractivity contribution in [1.82, 2.24) is 9.55 Å². The Morgan fingerprint density at radius 3 is 2.44 bits per heavy atom. The molecule has 0 spiro atoms. The molecule has 0 bridgehead atoms. The number of imidazole rings is 1. The second-order valence-corrected chi connectivity index (χ2v) is 9.03. The summed E-state index contributed by atoms with van der Waals surface area (Å²) in [6, 6.07) is 32.3. The number of aromatic nitrogens is 2. The number of fused-ring (bicyclic) bond motifs is 8. The Bertz CT molecular complexity index is 1950. The first-order valence-electron chi connectivity index (χ1n) is 11.8. The molecule has 0 N–H and O–H groups in total. The van der Waals surface area contributed by atoms with Gasteiger partial charge < -0.3 is 4.42 Å². The molecule has 8 rings (SSSR count). The maximum Gasteiger partial charge on any atom is 0.136 e. The van der Waals surface area contributed by atoms with Gasteiger partial charge in [-0.3, -0.25) is 4.57 Å². The summed E-state index contributed by atoms with van der Waals surface area (Å²) in [5, 5.41) is 4.94. The van der Waals surface area contributed by atoms with Gasteiger partial charge >= 0.3 is 0 Å². The molecule has 3 nitrogen and oxygen atoms in total. The number of nitrogens with zero attached hydrogens (tertiary/aromatic N) is 2. The van der Waals surface area contributed by atoms with Gasteiger partial charge in [0.05, 0.1) is 16.7 Å². The Hall–Kier alpha value is -4.37. The van der Waals surface area contributed by atoms with Crippen molar-refractivity contribution in [3.8, 4) is 27.9 Å². The Balaban J connectivity index is 1.54. The minimum absolute atomic E-state index is 0.864. The third kappa shape index (κ3) is 2.14. The van der Waals surface area contributed by atoms with Crippen LogP contribution in [0.4, 0.5) is 0 Å². The summed E-state index contributed by atoms with van der Waals surface area (Å²) in [7, 11) is 0. The van der Waals surface area contributed by atoms with Crippen molar-refractivity contribution in [1.29, 1.82) is 0 Å². The first-order valence-corrected chi connectivity index (χ1v) is 11.8. The van der Waals surface area contributed by atoms with Gasteiger partial charge in [0.2, 0.25) is 0 Å². The molecule has 0 saturated carbocycles. The quantitative estimate of drug-likeness (QED) is 0.273. The lowest BCUT2D eigenvalue weighted by molar-refractivity contribution is 0.669. The van der Waals surface area contributed by atoms with E-state index in [-0.39, 0.29) is 0 Å². The van der Waals surface area contributed by atoms with Crippen LogP contribution in [-0.2, 0) is 6.42 Å². The summed E-state index contributed by atoms with van der Waals surface area (Å²) >= 11 is 0. The van der Waals surface area contributed by atoms with E-state index in [9.17, 15) is 0 Å². The summed E-state index contributed by atoms with van der Waals surface area (Å²) in [6.45, 7) is 2.17. The second kappa shape index (κ2) is 6.36. The minimum Gasteiger partial charge on any atom is -0.456 e. The van der Waals surface area contributed by atoms with Gasteiger partial charge in [-0.25, -0.2) is 4.98 Å². The average molecular weight is 437 g/mol. The summed E-state index contributed by atoms with van der Waals surface area (Å²) in [5.41, 5.74) is 10.3. The van der Waals surface area contributed by atoms with Gasteiger partial charge in [0, 0.05) is 22.8 Å². The van der Waals surface area contributed by atoms with Gasteiger partial charge in [0.1, 0.15) is 17.0 Å². The molecule has 0 aliphatic heterocycles. The predicted molar refractivity (Wildman–Crippen MR) is 140 cm³/mol. The first-order chi connectivity index (χ1) is 16.8. The maximum absolute atomic E-state index is 6.37. The molecule has 0 amide bonds. The van der Waals surface area contributed by atoms with Crippen LogP contribution < -0.4 is 0 Å². The average Bonchev–Trinajstić information content (AvgIpc) is 3.55. The molecule has 5 aromatic carbocycles. The molecule has 2 heterocycles. The Morgan fingerprint density at radius 2 is 1.50 bits per heavy atom. The molecule has 0 fully saturated rings. The molecular weight excluding hydrogens is 416 g/mol. The lowest BCUT2D eigenvalue weighted by atomic mass is 9.98. The minimum atomic E-state index is 0.864. The molecule has 34 heavy (non-hydrogen) atoms. The number of rotatable bonds is 2. The predicted octanol–water partition coefficient (Wildman–Crippen LogP) is 8.29. The van der Waals surface area contributed by atoms with E-state index >= 15 is 0 Å². The summed E-state index contributed by atoms with van der Waals surface area (Å²) in [6.07, 6.45) is 0.864. The molecule has 0 unspecified atom stereocenters. The summed E-state index contributed by atoms with van der Waals surface area (Å²) in [5.74, 6) is 1.08. The number of para-hydroxylation sites is 3. The fourth-order valence-electron chi connectivity index (χ4n) is 5.94. The largest absolute Gasteiger partial charge is 0.456 e. The fraction of sp³-hybridized carbons (Fsp3) is 0.0645. The van der Waals surface area contributed by atoms with Crippen LogP contribution in [0.15, 0.2) is 95.4 Å². The lowest BCUT2D eigenvalue weighted by Crippen LogP contribution is -2.02. The molecule has 160 valence electrons. The van der Waals surface area contributed by atoms with Crippen molar-refractivity contribution in [2.24, 2.45) is 0 Å². The normalized spacial score (nSPS) is 12.4. The number of hydrogen-bond donors (Lipinski definition) is 0. The zero-order valence-corrected chi connectivity index (χ0v) is 18.7. The van der Waals surface area contributed by atoms with Gasteiger partial charge in [-0.2, -0.15) is 0 Å². The van der Waals surface area contributed by atoms with Gasteiger partial charge in [-0.15, -0.1) is 0 Å². The van der Waals surface area contributed by atoms with E-state index in [1.807, 2.05) is 6.07 Å². The highest BCUT2D eigenvalue weighted by atomic mass is 16.3. The molecular formula is C31H20N2O. The Kier molecular flexibility index (Phi) is 3.39. The Morgan fingerprint density at radius 1 is 0.706 bits per heavy atom. The van der Waals surface area contributed by atoms with E-state index in [4.69, 9.17) is 9.40 Å². The van der Waals surface area contributed by atoms with Crippen LogP contribution >= 0.6 is 0 Å². The monoisotopic (exact) mass is 436 g/mol. The third-order valence-corrected chi connectivity index (χ3v) is 7.29. The van der Waals surface area contributed by atoms with Gasteiger partial charge in [-0.05, 0) is 57.8 Å². The SMILES string of the molecule is CCc1nc2ccccc2n1-c1cccc2c1-c1cc3oc4ccccc4c3c3cccc-2c13. The van der Waals surface area contributed by atoms with Crippen LogP contribution in [-0.4, -0.2) is 9.55 Å². The standard InChI is InChI=1S/C31H20N2O/c1-2-28-32-23-13-4-5-14-24(23)33(28)25-15-8-11-19-18-10-7-12-21-29(18)22(30(19)25)17-27-31(21)20-9-3-6-16-26(20)34-27/h3-17H,2H2,1H3. The van der Waals surface area contributed by atoms with Gasteiger partial charge in [0.15, 0.2) is 0 Å². The van der Waals surface area contributed by atoms with Crippen molar-refractivity contribution in [2.75, 3.05) is 0 Å². The number of aryl methyl sites for hydroxylation is 1. The summed E-state index contributed by atoms with van der Waals surface area (Å²) in [4.78, 5) is 4.95. The van der Waals surface area contributed by atoms with E-state index in [1.165, 1.54) is 49.5 Å². The van der Waals surface area contributed by atoms with Crippen LogP contribution in [0.3, 0.4) is 0 Å². The van der Waals surface area contributed by atoms with Crippen LogP contribution in [0.1, 0.15) is 12.7 Å². The molecule has 1 aliphatic carbocycles. The number of benzene rings is 5. The lowest BCUT2D eigenvalue weighted by Gasteiger charge is -2.14. The molecule has 3 heteroatoms. The zero-order chi connectivity index (χ0) is 22.4. The van der Waals surface area contributed by atoms with Crippen LogP contribution in [0, 0.1) is 0 Å². The second-order valence-electron chi connectivity index (χ2n) is 9.03. The van der Waals surface area contributed by atoms with Crippen LogP contribution in [0.25, 0.3) is 71.7 Å². The number of hydrogen-bond acceptors (Lipinski definition) is 2. The van der Waals surface area contributed by atoms with Gasteiger partial charge in [0.25, 0.3) is 0 Å². The van der Waals surface area contributed by atoms with Crippen molar-refractivity contribution in [3.05, 3.63) is 96.8 Å². The summed E-state index contributed by atoms with van der Waals surface area (Å²) < 4.78 is 8.71. The van der Waals surface area contributed by atoms with Gasteiger partial charge in [-0.1, -0.05) is 67.6 Å². The van der Waals surface area contributed by atoms with Crippen LogP contribution in [0.5, 0.6) is 0 Å². The van der Waals surface area contributed by atoms with Crippen molar-refractivity contribution in [2.45, 2.75) is 13.3 Å². The Labute approximate surface area is 195 Å². The first kappa shape index (κ1) is 18.1. The highest BCUT2D eigenvalue weighted by Crippen LogP contribution is 2.52. The number of furan rings is 1. The van der Waals surface area contributed by atoms with E-state index in [0.29, 0.717) is 0 Å². The smallest absolute Gasteiger partial charge is 0.136 e. The topological polar surface area (TPSA) is 31.0 Å². The van der Waals surface area contributed by atoms with Crippen molar-refractivity contribution in [3.63, 3.8) is 0 Å². The molecule has 1 aliphatic rings. The van der Waals surface area contributed by atoms with E-state index in [1.54, 1.807) is 0 Å². The van der Waals surface area contributed by atoms with Crippen LogP contribution in [0.2, 0.25) is 0 Å². The maximum atomic E-state index is 6.37. The third-order valence-electron chi connectivity index (χ3n) is 7.29. The fourth-order valence-corrected chi connectivity index (χ4v) is 5.94. The van der Waals surface area contributed by atoms with E-state index in [2.05, 4.69) is 96.4 Å². The molecule has 0 radical (unpaired) electrons. The van der Waals surface area contributed by atoms with Crippen molar-refractivity contribution >= 4 is 43.7 Å². The molecule has 0 saturated heterocycles.